The van der Waals surface area contributed by atoms with Gasteiger partial charge in [0.15, 0.2) is 6.10 Å². The Morgan fingerprint density at radius 1 is 1.32 bits per heavy atom. The molecule has 1 aliphatic carbocycles. The zero-order valence-electron chi connectivity index (χ0n) is 12.3. The Morgan fingerprint density at radius 2 is 1.86 bits per heavy atom. The number of amides is 1. The zero-order chi connectivity index (χ0) is 16.5. The fraction of sp³-hybridized carbons (Fsp3) is 0.429. The van der Waals surface area contributed by atoms with E-state index in [1.807, 2.05) is 6.92 Å². The van der Waals surface area contributed by atoms with Gasteiger partial charge in [-0.2, -0.15) is 0 Å². The Bertz CT molecular complexity index is 684. The lowest BCUT2D eigenvalue weighted by Gasteiger charge is -2.13. The highest BCUT2D eigenvalue weighted by molar-refractivity contribution is 7.89. The summed E-state index contributed by atoms with van der Waals surface area (Å²) in [6, 6.07) is 5.39. The lowest BCUT2D eigenvalue weighted by molar-refractivity contribution is -0.154. The Balaban J connectivity index is 1.92. The molecule has 0 spiro atoms. The number of anilines is 1. The third-order valence-electron chi connectivity index (χ3n) is 3.52. The summed E-state index contributed by atoms with van der Waals surface area (Å²) in [4.78, 5) is 23.5. The first-order valence-electron chi connectivity index (χ1n) is 6.82. The maximum Gasteiger partial charge on any atom is 0.309 e. The number of primary sulfonamides is 1. The molecule has 0 bridgehead atoms. The molecule has 0 aliphatic heterocycles. The van der Waals surface area contributed by atoms with Crippen molar-refractivity contribution < 1.29 is 22.7 Å². The van der Waals surface area contributed by atoms with Gasteiger partial charge in [0.05, 0.1) is 10.8 Å². The van der Waals surface area contributed by atoms with Crippen LogP contribution in [0.15, 0.2) is 29.2 Å². The minimum absolute atomic E-state index is 0.0484. The van der Waals surface area contributed by atoms with E-state index in [1.165, 1.54) is 31.2 Å². The average molecular weight is 326 g/mol. The second-order valence-electron chi connectivity index (χ2n) is 5.46. The number of esters is 1. The molecule has 120 valence electrons. The summed E-state index contributed by atoms with van der Waals surface area (Å²) < 4.78 is 27.3. The van der Waals surface area contributed by atoms with Crippen LogP contribution in [0.5, 0.6) is 0 Å². The normalized spacial score (nSPS) is 21.8. The van der Waals surface area contributed by atoms with E-state index in [2.05, 4.69) is 5.32 Å². The SMILES string of the molecule is C[C@H](OC(=O)[C@@H]1C[C@H]1C)C(=O)Nc1ccc(S(N)(=O)=O)cc1. The molecule has 3 atom stereocenters. The standard InChI is InChI=1S/C14H18N2O5S/c1-8-7-12(8)14(18)21-9(2)13(17)16-10-3-5-11(6-4-10)22(15,19)20/h3-6,8-9,12H,7H2,1-2H3,(H,16,17)(H2,15,19,20)/t8-,9+,12-/m1/s1. The number of nitrogens with one attached hydrogen (secondary N) is 1. The lowest BCUT2D eigenvalue weighted by atomic mass is 10.3. The minimum atomic E-state index is -3.77. The van der Waals surface area contributed by atoms with Crippen LogP contribution in [0, 0.1) is 11.8 Å². The fourth-order valence-corrected chi connectivity index (χ4v) is 2.45. The van der Waals surface area contributed by atoms with Gasteiger partial charge in [-0.15, -0.1) is 0 Å². The van der Waals surface area contributed by atoms with Gasteiger partial charge in [-0.05, 0) is 43.5 Å². The molecule has 1 amide bonds. The zero-order valence-corrected chi connectivity index (χ0v) is 13.1. The van der Waals surface area contributed by atoms with Gasteiger partial charge in [0, 0.05) is 5.69 Å². The second-order valence-corrected chi connectivity index (χ2v) is 7.02. The molecular weight excluding hydrogens is 308 g/mol. The van der Waals surface area contributed by atoms with Crippen molar-refractivity contribution in [1.29, 1.82) is 0 Å². The first kappa shape index (κ1) is 16.4. The van der Waals surface area contributed by atoms with Crippen LogP contribution >= 0.6 is 0 Å². The minimum Gasteiger partial charge on any atom is -0.452 e. The Kier molecular flexibility index (Phi) is 4.52. The van der Waals surface area contributed by atoms with Crippen molar-refractivity contribution in [2.24, 2.45) is 17.0 Å². The second kappa shape index (κ2) is 6.05. The molecule has 0 radical (unpaired) electrons. The van der Waals surface area contributed by atoms with E-state index in [1.54, 1.807) is 0 Å². The van der Waals surface area contributed by atoms with Gasteiger partial charge < -0.3 is 10.1 Å². The number of ether oxygens (including phenoxy) is 1. The smallest absolute Gasteiger partial charge is 0.309 e. The van der Waals surface area contributed by atoms with Gasteiger partial charge in [-0.3, -0.25) is 9.59 Å². The highest BCUT2D eigenvalue weighted by Gasteiger charge is 2.41. The van der Waals surface area contributed by atoms with E-state index in [0.717, 1.165) is 6.42 Å². The quantitative estimate of drug-likeness (QED) is 0.779. The van der Waals surface area contributed by atoms with Crippen molar-refractivity contribution in [1.82, 2.24) is 0 Å². The molecule has 2 rings (SSSR count). The van der Waals surface area contributed by atoms with Crippen molar-refractivity contribution in [3.05, 3.63) is 24.3 Å². The molecule has 0 heterocycles. The van der Waals surface area contributed by atoms with Crippen molar-refractivity contribution in [3.63, 3.8) is 0 Å². The summed E-state index contributed by atoms with van der Waals surface area (Å²) in [6.45, 7) is 3.43. The van der Waals surface area contributed by atoms with E-state index in [4.69, 9.17) is 9.88 Å². The van der Waals surface area contributed by atoms with Gasteiger partial charge in [0.1, 0.15) is 0 Å². The molecule has 1 aliphatic rings. The topological polar surface area (TPSA) is 116 Å². The summed E-state index contributed by atoms with van der Waals surface area (Å²) >= 11 is 0. The number of hydrogen-bond donors (Lipinski definition) is 2. The first-order valence-corrected chi connectivity index (χ1v) is 8.37. The Labute approximate surface area is 128 Å². The van der Waals surface area contributed by atoms with Crippen molar-refractivity contribution in [3.8, 4) is 0 Å². The highest BCUT2D eigenvalue weighted by Crippen LogP contribution is 2.38. The van der Waals surface area contributed by atoms with Crippen molar-refractivity contribution >= 4 is 27.6 Å². The van der Waals surface area contributed by atoms with Crippen LogP contribution in [-0.4, -0.2) is 26.4 Å². The summed E-state index contributed by atoms with van der Waals surface area (Å²) in [5.74, 6) is -0.637. The molecule has 7 nitrogen and oxygen atoms in total. The van der Waals surface area contributed by atoms with E-state index in [-0.39, 0.29) is 16.8 Å². The van der Waals surface area contributed by atoms with Crippen LogP contribution in [0.4, 0.5) is 5.69 Å². The Hall–Kier alpha value is -1.93. The molecule has 1 aromatic carbocycles. The molecule has 1 fully saturated rings. The first-order chi connectivity index (χ1) is 10.2. The van der Waals surface area contributed by atoms with Gasteiger partial charge in [-0.25, -0.2) is 13.6 Å². The van der Waals surface area contributed by atoms with Gasteiger partial charge in [0.25, 0.3) is 5.91 Å². The molecular formula is C14H18N2O5S. The maximum absolute atomic E-state index is 11.9. The molecule has 0 aromatic heterocycles. The number of sulfonamides is 1. The molecule has 1 aromatic rings. The molecule has 22 heavy (non-hydrogen) atoms. The predicted molar refractivity (Wildman–Crippen MR) is 79.3 cm³/mol. The number of hydrogen-bond acceptors (Lipinski definition) is 5. The van der Waals surface area contributed by atoms with E-state index in [9.17, 15) is 18.0 Å². The fourth-order valence-electron chi connectivity index (χ4n) is 1.94. The van der Waals surface area contributed by atoms with E-state index in [0.29, 0.717) is 11.6 Å². The van der Waals surface area contributed by atoms with Crippen LogP contribution < -0.4 is 10.5 Å². The molecule has 0 saturated heterocycles. The monoisotopic (exact) mass is 326 g/mol. The summed E-state index contributed by atoms with van der Waals surface area (Å²) in [6.07, 6.45) is -0.124. The largest absolute Gasteiger partial charge is 0.452 e. The van der Waals surface area contributed by atoms with Crippen LogP contribution in [0.25, 0.3) is 0 Å². The van der Waals surface area contributed by atoms with Crippen molar-refractivity contribution in [2.75, 3.05) is 5.32 Å². The molecule has 1 saturated carbocycles. The summed E-state index contributed by atoms with van der Waals surface area (Å²) in [7, 11) is -3.77. The Morgan fingerprint density at radius 3 is 2.32 bits per heavy atom. The number of nitrogens with two attached hydrogens (primary N) is 1. The van der Waals surface area contributed by atoms with Gasteiger partial charge in [0.2, 0.25) is 10.0 Å². The van der Waals surface area contributed by atoms with Crippen LogP contribution in [0.3, 0.4) is 0 Å². The maximum atomic E-state index is 11.9. The van der Waals surface area contributed by atoms with E-state index < -0.39 is 22.0 Å². The third kappa shape index (κ3) is 4.05. The van der Waals surface area contributed by atoms with Crippen LogP contribution in [0.2, 0.25) is 0 Å². The third-order valence-corrected chi connectivity index (χ3v) is 4.45. The number of carbonyl (C=O) groups excluding carboxylic acids is 2. The average Bonchev–Trinajstić information content (AvgIpc) is 3.15. The van der Waals surface area contributed by atoms with Gasteiger partial charge >= 0.3 is 5.97 Å². The summed E-state index contributed by atoms with van der Waals surface area (Å²) in [5, 5.41) is 7.53. The van der Waals surface area contributed by atoms with E-state index >= 15 is 0 Å². The van der Waals surface area contributed by atoms with Crippen LogP contribution in [0.1, 0.15) is 20.3 Å². The van der Waals surface area contributed by atoms with Gasteiger partial charge in [-0.1, -0.05) is 6.92 Å². The number of carbonyl (C=O) groups is 2. The molecule has 3 N–H and O–H groups in total. The van der Waals surface area contributed by atoms with Crippen molar-refractivity contribution in [2.45, 2.75) is 31.3 Å². The van der Waals surface area contributed by atoms with Crippen LogP contribution in [-0.2, 0) is 24.3 Å². The lowest BCUT2D eigenvalue weighted by Crippen LogP contribution is -2.30. The number of rotatable bonds is 5. The predicted octanol–water partition coefficient (Wildman–Crippen LogP) is 0.860. The molecule has 8 heteroatoms. The summed E-state index contributed by atoms with van der Waals surface area (Å²) in [5.41, 5.74) is 0.389. The number of benzene rings is 1. The highest BCUT2D eigenvalue weighted by atomic mass is 32.2. The molecule has 0 unspecified atom stereocenters.